The summed E-state index contributed by atoms with van der Waals surface area (Å²) in [5.41, 5.74) is 0.382. The number of piperidine rings is 1. The highest BCUT2D eigenvalue weighted by molar-refractivity contribution is 4.92. The third-order valence-electron chi connectivity index (χ3n) is 2.86. The molecule has 1 rings (SSSR count). The molecule has 0 N–H and O–H groups in total. The lowest BCUT2D eigenvalue weighted by Gasteiger charge is -2.50. The summed E-state index contributed by atoms with van der Waals surface area (Å²) in [6.07, 6.45) is 3.76. The first-order valence-corrected chi connectivity index (χ1v) is 4.75. The van der Waals surface area contributed by atoms with E-state index in [1.54, 1.807) is 7.11 Å². The van der Waals surface area contributed by atoms with E-state index in [-0.39, 0.29) is 11.1 Å². The molecule has 12 heavy (non-hydrogen) atoms. The molecule has 1 fully saturated rings. The molecule has 0 unspecified atom stereocenters. The zero-order chi connectivity index (χ0) is 9.41. The molecule has 0 saturated carbocycles. The zero-order valence-electron chi connectivity index (χ0n) is 8.98. The summed E-state index contributed by atoms with van der Waals surface area (Å²) >= 11 is 0. The Bertz CT molecular complexity index is 147. The van der Waals surface area contributed by atoms with Gasteiger partial charge in [0.1, 0.15) is 0 Å². The molecule has 0 amide bonds. The van der Waals surface area contributed by atoms with Gasteiger partial charge in [-0.25, -0.2) is 0 Å². The van der Waals surface area contributed by atoms with Gasteiger partial charge in [0.2, 0.25) is 0 Å². The van der Waals surface area contributed by atoms with Crippen LogP contribution in [0.25, 0.3) is 0 Å². The molecule has 72 valence electrons. The van der Waals surface area contributed by atoms with Crippen LogP contribution in [0, 0.1) is 0 Å². The molecule has 2 heteroatoms. The van der Waals surface area contributed by atoms with Crippen molar-refractivity contribution in [2.45, 2.75) is 58.0 Å². The summed E-state index contributed by atoms with van der Waals surface area (Å²) in [6.45, 7) is 8.99. The number of hydroxylamine groups is 2. The molecule has 2 nitrogen and oxygen atoms in total. The normalized spacial score (nSPS) is 28.8. The highest BCUT2D eigenvalue weighted by Gasteiger charge is 2.41. The fraction of sp³-hybridized carbons (Fsp3) is 1.00. The fourth-order valence-corrected chi connectivity index (χ4v) is 2.47. The van der Waals surface area contributed by atoms with Gasteiger partial charge < -0.3 is 4.84 Å². The van der Waals surface area contributed by atoms with E-state index in [9.17, 15) is 0 Å². The quantitative estimate of drug-likeness (QED) is 0.601. The Balaban J connectivity index is 2.81. The van der Waals surface area contributed by atoms with Crippen LogP contribution in [0.3, 0.4) is 0 Å². The monoisotopic (exact) mass is 171 g/mol. The standard InChI is InChI=1S/C10H21NO/c1-9(2)7-6-8-10(3,4)11(9)12-5/h6-8H2,1-5H3. The van der Waals surface area contributed by atoms with Crippen molar-refractivity contribution in [3.05, 3.63) is 0 Å². The van der Waals surface area contributed by atoms with Crippen molar-refractivity contribution in [3.8, 4) is 0 Å². The highest BCUT2D eigenvalue weighted by Crippen LogP contribution is 2.37. The molecule has 0 radical (unpaired) electrons. The molecule has 0 aromatic heterocycles. The van der Waals surface area contributed by atoms with Gasteiger partial charge in [-0.2, -0.15) is 5.06 Å². The van der Waals surface area contributed by atoms with Crippen molar-refractivity contribution in [2.24, 2.45) is 0 Å². The first-order chi connectivity index (χ1) is 5.40. The first-order valence-electron chi connectivity index (χ1n) is 4.75. The highest BCUT2D eigenvalue weighted by atomic mass is 16.7. The Hall–Kier alpha value is -0.0800. The minimum atomic E-state index is 0.191. The maximum absolute atomic E-state index is 5.46. The van der Waals surface area contributed by atoms with Crippen LogP contribution in [0.2, 0.25) is 0 Å². The molecule has 0 bridgehead atoms. The molecule has 0 aliphatic carbocycles. The van der Waals surface area contributed by atoms with Gasteiger partial charge in [-0.05, 0) is 47.0 Å². The molecule has 1 aliphatic heterocycles. The first kappa shape index (κ1) is 10.0. The third-order valence-corrected chi connectivity index (χ3v) is 2.86. The van der Waals surface area contributed by atoms with Crippen LogP contribution >= 0.6 is 0 Å². The summed E-state index contributed by atoms with van der Waals surface area (Å²) in [4.78, 5) is 5.46. The SMILES string of the molecule is CON1C(C)(C)CCCC1(C)C. The summed E-state index contributed by atoms with van der Waals surface area (Å²) in [7, 11) is 1.77. The second-order valence-corrected chi connectivity index (χ2v) is 4.96. The van der Waals surface area contributed by atoms with Gasteiger partial charge in [0.15, 0.2) is 0 Å². The van der Waals surface area contributed by atoms with Crippen molar-refractivity contribution in [1.82, 2.24) is 5.06 Å². The molecular formula is C10H21NO. The van der Waals surface area contributed by atoms with Gasteiger partial charge in [-0.3, -0.25) is 0 Å². The van der Waals surface area contributed by atoms with E-state index < -0.39 is 0 Å². The summed E-state index contributed by atoms with van der Waals surface area (Å²) in [6, 6.07) is 0. The Labute approximate surface area is 75.8 Å². The fourth-order valence-electron chi connectivity index (χ4n) is 2.47. The van der Waals surface area contributed by atoms with Crippen LogP contribution < -0.4 is 0 Å². The van der Waals surface area contributed by atoms with E-state index >= 15 is 0 Å². The van der Waals surface area contributed by atoms with Crippen molar-refractivity contribution in [1.29, 1.82) is 0 Å². The van der Waals surface area contributed by atoms with Crippen LogP contribution in [0.15, 0.2) is 0 Å². The third kappa shape index (κ3) is 1.64. The van der Waals surface area contributed by atoms with Gasteiger partial charge in [0.25, 0.3) is 0 Å². The van der Waals surface area contributed by atoms with E-state index in [4.69, 9.17) is 4.84 Å². The molecule has 0 spiro atoms. The predicted molar refractivity (Wildman–Crippen MR) is 50.9 cm³/mol. The summed E-state index contributed by atoms with van der Waals surface area (Å²) in [5.74, 6) is 0. The molecular weight excluding hydrogens is 150 g/mol. The number of nitrogens with zero attached hydrogens (tertiary/aromatic N) is 1. The number of hydrogen-bond acceptors (Lipinski definition) is 2. The molecule has 0 atom stereocenters. The minimum absolute atomic E-state index is 0.191. The van der Waals surface area contributed by atoms with Gasteiger partial charge in [0.05, 0.1) is 7.11 Å². The average molecular weight is 171 g/mol. The van der Waals surface area contributed by atoms with Gasteiger partial charge in [0, 0.05) is 11.1 Å². The van der Waals surface area contributed by atoms with Crippen molar-refractivity contribution in [3.63, 3.8) is 0 Å². The van der Waals surface area contributed by atoms with Gasteiger partial charge in [-0.1, -0.05) is 0 Å². The van der Waals surface area contributed by atoms with Crippen molar-refractivity contribution in [2.75, 3.05) is 7.11 Å². The lowest BCUT2D eigenvalue weighted by Crippen LogP contribution is -2.57. The zero-order valence-corrected chi connectivity index (χ0v) is 8.98. The Kier molecular flexibility index (Phi) is 2.50. The minimum Gasteiger partial charge on any atom is -0.301 e. The van der Waals surface area contributed by atoms with Gasteiger partial charge >= 0.3 is 0 Å². The number of rotatable bonds is 1. The summed E-state index contributed by atoms with van der Waals surface area (Å²) in [5, 5.41) is 2.14. The van der Waals surface area contributed by atoms with E-state index in [0.29, 0.717) is 0 Å². The molecule has 1 saturated heterocycles. The lowest BCUT2D eigenvalue weighted by molar-refractivity contribution is -0.263. The van der Waals surface area contributed by atoms with E-state index in [0.717, 1.165) is 0 Å². The molecule has 1 heterocycles. The van der Waals surface area contributed by atoms with Crippen LogP contribution in [0.1, 0.15) is 47.0 Å². The van der Waals surface area contributed by atoms with E-state index in [2.05, 4.69) is 32.8 Å². The van der Waals surface area contributed by atoms with Crippen molar-refractivity contribution >= 4 is 0 Å². The Morgan fingerprint density at radius 3 is 1.67 bits per heavy atom. The maximum Gasteiger partial charge on any atom is 0.0575 e. The number of hydrogen-bond donors (Lipinski definition) is 0. The van der Waals surface area contributed by atoms with Crippen LogP contribution in [0.5, 0.6) is 0 Å². The van der Waals surface area contributed by atoms with Crippen LogP contribution in [-0.4, -0.2) is 23.3 Å². The molecule has 0 aromatic rings. The smallest absolute Gasteiger partial charge is 0.0575 e. The topological polar surface area (TPSA) is 12.5 Å². The average Bonchev–Trinajstić information content (AvgIpc) is 1.83. The maximum atomic E-state index is 5.46. The van der Waals surface area contributed by atoms with Crippen LogP contribution in [-0.2, 0) is 4.84 Å². The van der Waals surface area contributed by atoms with E-state index in [1.165, 1.54) is 19.3 Å². The van der Waals surface area contributed by atoms with Gasteiger partial charge in [-0.15, -0.1) is 0 Å². The van der Waals surface area contributed by atoms with Crippen molar-refractivity contribution < 1.29 is 4.84 Å². The second kappa shape index (κ2) is 3.00. The predicted octanol–water partition coefficient (Wildman–Crippen LogP) is 2.59. The Morgan fingerprint density at radius 1 is 1.00 bits per heavy atom. The lowest BCUT2D eigenvalue weighted by atomic mass is 9.82. The van der Waals surface area contributed by atoms with E-state index in [1.807, 2.05) is 0 Å². The molecule has 1 aliphatic rings. The largest absolute Gasteiger partial charge is 0.301 e. The summed E-state index contributed by atoms with van der Waals surface area (Å²) < 4.78 is 0. The Morgan fingerprint density at radius 2 is 1.42 bits per heavy atom. The second-order valence-electron chi connectivity index (χ2n) is 4.96. The molecule has 0 aromatic carbocycles. The van der Waals surface area contributed by atoms with Crippen LogP contribution in [0.4, 0.5) is 0 Å².